The Hall–Kier alpha value is -0.520. The molecule has 0 fully saturated rings. The van der Waals surface area contributed by atoms with Crippen LogP contribution < -0.4 is 10.1 Å². The first kappa shape index (κ1) is 15.5. The molecule has 0 bridgehead atoms. The molecule has 0 aliphatic heterocycles. The third kappa shape index (κ3) is 5.89. The first-order valence-corrected chi connectivity index (χ1v) is 6.50. The van der Waals surface area contributed by atoms with E-state index in [0.717, 1.165) is 0 Å². The highest BCUT2D eigenvalue weighted by atomic mass is 35.5. The summed E-state index contributed by atoms with van der Waals surface area (Å²) in [4.78, 5) is 0. The summed E-state index contributed by atoms with van der Waals surface area (Å²) in [6, 6.07) is 4.92. The number of ether oxygens (including phenoxy) is 1. The number of hydrogen-bond acceptors (Lipinski definition) is 3. The van der Waals surface area contributed by atoms with Gasteiger partial charge < -0.3 is 20.3 Å². The molecule has 0 spiro atoms. The number of benzene rings is 1. The minimum Gasteiger partial charge on any atom is -0.489 e. The van der Waals surface area contributed by atoms with Crippen LogP contribution in [-0.2, 0) is 0 Å². The number of nitrogens with two attached hydrogens (primary N) is 1. The summed E-state index contributed by atoms with van der Waals surface area (Å²) >= 11 is 11.7. The van der Waals surface area contributed by atoms with E-state index in [1.807, 2.05) is 5.32 Å². The van der Waals surface area contributed by atoms with Gasteiger partial charge in [-0.05, 0) is 19.1 Å². The van der Waals surface area contributed by atoms with Crippen molar-refractivity contribution in [2.24, 2.45) is 0 Å². The Balaban J connectivity index is 2.33. The summed E-state index contributed by atoms with van der Waals surface area (Å²) in [7, 11) is 0. The zero-order chi connectivity index (χ0) is 13.5. The van der Waals surface area contributed by atoms with Gasteiger partial charge in [-0.1, -0.05) is 23.2 Å². The topological polar surface area (TPSA) is 66.3 Å². The minimum atomic E-state index is -0.626. The van der Waals surface area contributed by atoms with Crippen LogP contribution in [0.15, 0.2) is 18.2 Å². The lowest BCUT2D eigenvalue weighted by Gasteiger charge is -2.13. The van der Waals surface area contributed by atoms with Gasteiger partial charge in [0, 0.05) is 11.1 Å². The van der Waals surface area contributed by atoms with Crippen LogP contribution in [0.25, 0.3) is 0 Å². The monoisotopic (exact) mass is 294 g/mol. The smallest absolute Gasteiger partial charge is 0.139 e. The zero-order valence-electron chi connectivity index (χ0n) is 10.1. The fraction of sp³-hybridized carbons (Fsp3) is 0.500. The van der Waals surface area contributed by atoms with Crippen molar-refractivity contribution in [1.29, 1.82) is 0 Å². The van der Waals surface area contributed by atoms with Crippen LogP contribution in [0.1, 0.15) is 6.92 Å². The van der Waals surface area contributed by atoms with E-state index in [1.54, 1.807) is 25.1 Å². The average Bonchev–Trinajstić information content (AvgIpc) is 2.30. The zero-order valence-corrected chi connectivity index (χ0v) is 11.7. The number of aliphatic hydroxyl groups excluding tert-OH is 2. The van der Waals surface area contributed by atoms with E-state index < -0.39 is 6.10 Å². The van der Waals surface area contributed by atoms with E-state index >= 15 is 0 Å². The first-order chi connectivity index (χ1) is 8.49. The van der Waals surface area contributed by atoms with E-state index in [0.29, 0.717) is 28.9 Å². The normalized spacial score (nSPS) is 14.3. The molecule has 0 radical (unpaired) electrons. The maximum Gasteiger partial charge on any atom is 0.139 e. The maximum absolute atomic E-state index is 9.67. The van der Waals surface area contributed by atoms with E-state index in [9.17, 15) is 5.11 Å². The van der Waals surface area contributed by atoms with Crippen molar-refractivity contribution in [2.45, 2.75) is 19.1 Å². The van der Waals surface area contributed by atoms with Crippen molar-refractivity contribution in [3.05, 3.63) is 28.2 Å². The third-order valence-corrected chi connectivity index (χ3v) is 2.82. The second kappa shape index (κ2) is 7.81. The molecule has 1 rings (SSSR count). The quantitative estimate of drug-likeness (QED) is 0.693. The molecule has 1 aromatic rings. The van der Waals surface area contributed by atoms with Crippen molar-refractivity contribution in [2.75, 3.05) is 19.7 Å². The lowest BCUT2D eigenvalue weighted by atomic mass is 10.3. The molecule has 0 aromatic heterocycles. The Labute approximate surface area is 116 Å². The molecular formula is C12H18Cl2NO3+. The van der Waals surface area contributed by atoms with Crippen LogP contribution in [0.5, 0.6) is 5.75 Å². The lowest BCUT2D eigenvalue weighted by molar-refractivity contribution is -0.666. The second-order valence-electron chi connectivity index (χ2n) is 4.15. The summed E-state index contributed by atoms with van der Waals surface area (Å²) < 4.78 is 5.39. The van der Waals surface area contributed by atoms with Crippen molar-refractivity contribution >= 4 is 23.2 Å². The Morgan fingerprint density at radius 1 is 1.28 bits per heavy atom. The SMILES string of the molecule is C[C@H](O)C[NH2+]C[C@H](O)COc1cc(Cl)ccc1Cl. The van der Waals surface area contributed by atoms with Crippen LogP contribution in [0.4, 0.5) is 0 Å². The molecule has 18 heavy (non-hydrogen) atoms. The van der Waals surface area contributed by atoms with Gasteiger partial charge in [0.2, 0.25) is 0 Å². The van der Waals surface area contributed by atoms with Gasteiger partial charge in [-0.15, -0.1) is 0 Å². The molecule has 0 saturated heterocycles. The first-order valence-electron chi connectivity index (χ1n) is 5.74. The molecular weight excluding hydrogens is 277 g/mol. The predicted molar refractivity (Wildman–Crippen MR) is 71.3 cm³/mol. The summed E-state index contributed by atoms with van der Waals surface area (Å²) in [5.41, 5.74) is 0. The molecule has 6 heteroatoms. The fourth-order valence-corrected chi connectivity index (χ4v) is 1.71. The lowest BCUT2D eigenvalue weighted by Crippen LogP contribution is -2.88. The maximum atomic E-state index is 9.67. The molecule has 4 nitrogen and oxygen atoms in total. The average molecular weight is 295 g/mol. The van der Waals surface area contributed by atoms with Crippen LogP contribution in [-0.4, -0.2) is 42.1 Å². The van der Waals surface area contributed by atoms with Gasteiger partial charge in [0.05, 0.1) is 11.1 Å². The molecule has 0 unspecified atom stereocenters. The van der Waals surface area contributed by atoms with Crippen molar-refractivity contribution in [1.82, 2.24) is 0 Å². The van der Waals surface area contributed by atoms with Gasteiger partial charge in [-0.2, -0.15) is 0 Å². The number of hydrogen-bond donors (Lipinski definition) is 3. The Kier molecular flexibility index (Phi) is 6.75. The Morgan fingerprint density at radius 2 is 2.00 bits per heavy atom. The van der Waals surface area contributed by atoms with Gasteiger partial charge in [0.15, 0.2) is 0 Å². The highest BCUT2D eigenvalue weighted by Crippen LogP contribution is 2.27. The summed E-state index contributed by atoms with van der Waals surface area (Å²) in [6.45, 7) is 2.85. The Bertz CT molecular complexity index is 374. The molecule has 4 N–H and O–H groups in total. The number of halogens is 2. The van der Waals surface area contributed by atoms with E-state index in [4.69, 9.17) is 33.0 Å². The van der Waals surface area contributed by atoms with Crippen LogP contribution in [0.2, 0.25) is 10.0 Å². The molecule has 102 valence electrons. The molecule has 0 amide bonds. The molecule has 0 aliphatic carbocycles. The molecule has 0 saturated carbocycles. The third-order valence-electron chi connectivity index (χ3n) is 2.27. The van der Waals surface area contributed by atoms with Crippen molar-refractivity contribution < 1.29 is 20.3 Å². The summed E-state index contributed by atoms with van der Waals surface area (Å²) in [5.74, 6) is 0.457. The van der Waals surface area contributed by atoms with Gasteiger partial charge in [-0.3, -0.25) is 0 Å². The molecule has 2 atom stereocenters. The highest BCUT2D eigenvalue weighted by Gasteiger charge is 2.10. The molecule has 1 aromatic carbocycles. The van der Waals surface area contributed by atoms with E-state index in [1.165, 1.54) is 0 Å². The number of quaternary nitrogens is 1. The van der Waals surface area contributed by atoms with Gasteiger partial charge in [0.1, 0.15) is 31.5 Å². The molecule has 0 heterocycles. The fourth-order valence-electron chi connectivity index (χ4n) is 1.37. The van der Waals surface area contributed by atoms with Crippen LogP contribution in [0.3, 0.4) is 0 Å². The molecule has 0 aliphatic rings. The van der Waals surface area contributed by atoms with Crippen LogP contribution >= 0.6 is 23.2 Å². The number of aliphatic hydroxyl groups is 2. The summed E-state index contributed by atoms with van der Waals surface area (Å²) in [6.07, 6.45) is -1.01. The number of rotatable bonds is 7. The summed E-state index contributed by atoms with van der Waals surface area (Å²) in [5, 5.41) is 21.6. The van der Waals surface area contributed by atoms with Crippen LogP contribution in [0, 0.1) is 0 Å². The second-order valence-corrected chi connectivity index (χ2v) is 4.99. The van der Waals surface area contributed by atoms with E-state index in [2.05, 4.69) is 0 Å². The predicted octanol–water partition coefficient (Wildman–Crippen LogP) is 0.677. The van der Waals surface area contributed by atoms with Gasteiger partial charge >= 0.3 is 0 Å². The van der Waals surface area contributed by atoms with Gasteiger partial charge in [0.25, 0.3) is 0 Å². The minimum absolute atomic E-state index is 0.135. The van der Waals surface area contributed by atoms with Gasteiger partial charge in [-0.25, -0.2) is 0 Å². The highest BCUT2D eigenvalue weighted by molar-refractivity contribution is 6.34. The Morgan fingerprint density at radius 3 is 2.67 bits per heavy atom. The largest absolute Gasteiger partial charge is 0.489 e. The van der Waals surface area contributed by atoms with Crippen molar-refractivity contribution in [3.63, 3.8) is 0 Å². The van der Waals surface area contributed by atoms with E-state index in [-0.39, 0.29) is 12.7 Å². The standard InChI is InChI=1S/C12H17Cl2NO3/c1-8(16)5-15-6-10(17)7-18-12-4-9(13)2-3-11(12)14/h2-4,8,10,15-17H,5-7H2,1H3/p+1/t8-,10-/m0/s1. The van der Waals surface area contributed by atoms with Crippen molar-refractivity contribution in [3.8, 4) is 5.75 Å².